The van der Waals surface area contributed by atoms with Gasteiger partial charge in [0.05, 0.1) is 15.6 Å². The third kappa shape index (κ3) is 2.57. The second-order valence-electron chi connectivity index (χ2n) is 4.12. The van der Waals surface area contributed by atoms with Crippen molar-refractivity contribution in [1.82, 2.24) is 10.2 Å². The molecule has 1 atom stereocenters. The number of benzene rings is 1. The molecule has 92 valence electrons. The molecule has 1 amide bonds. The average Bonchev–Trinajstić information content (AvgIpc) is 2.77. The number of nitrogens with one attached hydrogen (secondary N) is 1. The Hall–Kier alpha value is -0.770. The highest BCUT2D eigenvalue weighted by molar-refractivity contribution is 6.39. The molecule has 5 heteroatoms. The maximum atomic E-state index is 12.3. The number of likely N-dealkylation sites (N-methyl/N-ethyl adjacent to an activating group) is 1. The van der Waals surface area contributed by atoms with E-state index in [1.165, 1.54) is 0 Å². The molecule has 0 aromatic heterocycles. The van der Waals surface area contributed by atoms with Crippen LogP contribution in [0.15, 0.2) is 18.2 Å². The number of carbonyl (C=O) groups excluding carboxylic acids is 1. The third-order valence-corrected chi connectivity index (χ3v) is 3.69. The maximum absolute atomic E-state index is 12.3. The smallest absolute Gasteiger partial charge is 0.256 e. The fourth-order valence-corrected chi connectivity index (χ4v) is 2.60. The topological polar surface area (TPSA) is 32.3 Å². The Morgan fingerprint density at radius 2 is 2.06 bits per heavy atom. The van der Waals surface area contributed by atoms with Gasteiger partial charge in [0.15, 0.2) is 0 Å². The van der Waals surface area contributed by atoms with Crippen molar-refractivity contribution in [3.63, 3.8) is 0 Å². The van der Waals surface area contributed by atoms with Gasteiger partial charge in [-0.3, -0.25) is 4.79 Å². The monoisotopic (exact) mass is 272 g/mol. The van der Waals surface area contributed by atoms with Crippen molar-refractivity contribution in [2.75, 3.05) is 20.1 Å². The van der Waals surface area contributed by atoms with Crippen LogP contribution >= 0.6 is 23.2 Å². The normalized spacial score (nSPS) is 19.7. The molecular formula is C12H14Cl2N2O. The van der Waals surface area contributed by atoms with E-state index in [1.54, 1.807) is 23.1 Å². The molecule has 1 heterocycles. The molecule has 0 aliphatic carbocycles. The highest BCUT2D eigenvalue weighted by Gasteiger charge is 2.28. The summed E-state index contributed by atoms with van der Waals surface area (Å²) in [6, 6.07) is 5.47. The minimum atomic E-state index is -0.0849. The Kier molecular flexibility index (Phi) is 3.92. The summed E-state index contributed by atoms with van der Waals surface area (Å²) in [6.45, 7) is 1.45. The molecule has 0 saturated carbocycles. The SMILES string of the molecule is CNC1CCN(C(=O)c2c(Cl)cccc2Cl)C1. The summed E-state index contributed by atoms with van der Waals surface area (Å²) in [5, 5.41) is 3.99. The van der Waals surface area contributed by atoms with E-state index in [0.29, 0.717) is 28.2 Å². The van der Waals surface area contributed by atoms with Crippen LogP contribution in [-0.2, 0) is 0 Å². The Morgan fingerprint density at radius 1 is 1.41 bits per heavy atom. The standard InChI is InChI=1S/C12H14Cl2N2O/c1-15-8-5-6-16(7-8)12(17)11-9(13)3-2-4-10(11)14/h2-4,8,15H,5-7H2,1H3. The zero-order valence-corrected chi connectivity index (χ0v) is 11.1. The number of halogens is 2. The lowest BCUT2D eigenvalue weighted by molar-refractivity contribution is 0.0790. The molecule has 1 aromatic carbocycles. The summed E-state index contributed by atoms with van der Waals surface area (Å²) in [7, 11) is 1.90. The van der Waals surface area contributed by atoms with Gasteiger partial charge in [0.1, 0.15) is 0 Å². The van der Waals surface area contributed by atoms with Gasteiger partial charge >= 0.3 is 0 Å². The fraction of sp³-hybridized carbons (Fsp3) is 0.417. The van der Waals surface area contributed by atoms with E-state index in [4.69, 9.17) is 23.2 Å². The molecule has 0 bridgehead atoms. The van der Waals surface area contributed by atoms with Gasteiger partial charge in [-0.2, -0.15) is 0 Å². The number of carbonyl (C=O) groups is 1. The van der Waals surface area contributed by atoms with Gasteiger partial charge in [-0.25, -0.2) is 0 Å². The van der Waals surface area contributed by atoms with Gasteiger partial charge in [0.25, 0.3) is 5.91 Å². The van der Waals surface area contributed by atoms with Crippen molar-refractivity contribution in [1.29, 1.82) is 0 Å². The quantitative estimate of drug-likeness (QED) is 0.897. The molecule has 17 heavy (non-hydrogen) atoms. The Morgan fingerprint density at radius 3 is 2.59 bits per heavy atom. The van der Waals surface area contributed by atoms with Crippen molar-refractivity contribution >= 4 is 29.1 Å². The van der Waals surface area contributed by atoms with Crippen LogP contribution in [0.4, 0.5) is 0 Å². The molecule has 3 nitrogen and oxygen atoms in total. The lowest BCUT2D eigenvalue weighted by Gasteiger charge is -2.18. The maximum Gasteiger partial charge on any atom is 0.256 e. The van der Waals surface area contributed by atoms with E-state index in [2.05, 4.69) is 5.32 Å². The molecule has 0 spiro atoms. The van der Waals surface area contributed by atoms with Crippen molar-refractivity contribution in [3.8, 4) is 0 Å². The van der Waals surface area contributed by atoms with Crippen LogP contribution in [-0.4, -0.2) is 37.0 Å². The van der Waals surface area contributed by atoms with Crippen LogP contribution < -0.4 is 5.32 Å². The summed E-state index contributed by atoms with van der Waals surface area (Å²) in [4.78, 5) is 14.1. The van der Waals surface area contributed by atoms with E-state index in [9.17, 15) is 4.79 Å². The van der Waals surface area contributed by atoms with Crippen molar-refractivity contribution in [2.45, 2.75) is 12.5 Å². The highest BCUT2D eigenvalue weighted by atomic mass is 35.5. The summed E-state index contributed by atoms with van der Waals surface area (Å²) in [6.07, 6.45) is 0.963. The van der Waals surface area contributed by atoms with Crippen LogP contribution in [0.3, 0.4) is 0 Å². The summed E-state index contributed by atoms with van der Waals surface area (Å²) < 4.78 is 0. The lowest BCUT2D eigenvalue weighted by Crippen LogP contribution is -2.33. The number of hydrogen-bond acceptors (Lipinski definition) is 2. The number of likely N-dealkylation sites (tertiary alicyclic amines) is 1. The molecule has 1 fully saturated rings. The molecule has 1 aliphatic heterocycles. The predicted molar refractivity (Wildman–Crippen MR) is 69.8 cm³/mol. The zero-order chi connectivity index (χ0) is 12.4. The minimum absolute atomic E-state index is 0.0849. The van der Waals surface area contributed by atoms with Crippen LogP contribution in [0, 0.1) is 0 Å². The van der Waals surface area contributed by atoms with Gasteiger partial charge in [-0.1, -0.05) is 29.3 Å². The molecule has 2 rings (SSSR count). The van der Waals surface area contributed by atoms with Crippen LogP contribution in [0.5, 0.6) is 0 Å². The van der Waals surface area contributed by atoms with Crippen LogP contribution in [0.1, 0.15) is 16.8 Å². The zero-order valence-electron chi connectivity index (χ0n) is 9.54. The Balaban J connectivity index is 2.21. The summed E-state index contributed by atoms with van der Waals surface area (Å²) in [5.74, 6) is -0.0849. The second-order valence-corrected chi connectivity index (χ2v) is 4.94. The van der Waals surface area contributed by atoms with E-state index in [0.717, 1.165) is 13.0 Å². The van der Waals surface area contributed by atoms with Crippen LogP contribution in [0.25, 0.3) is 0 Å². The number of nitrogens with zero attached hydrogens (tertiary/aromatic N) is 1. The predicted octanol–water partition coefficient (Wildman–Crippen LogP) is 2.43. The van der Waals surface area contributed by atoms with E-state index in [1.807, 2.05) is 7.05 Å². The molecule has 1 aliphatic rings. The van der Waals surface area contributed by atoms with E-state index < -0.39 is 0 Å². The van der Waals surface area contributed by atoms with Crippen molar-refractivity contribution in [3.05, 3.63) is 33.8 Å². The third-order valence-electron chi connectivity index (χ3n) is 3.06. The first-order chi connectivity index (χ1) is 8.13. The van der Waals surface area contributed by atoms with Crippen LogP contribution in [0.2, 0.25) is 10.0 Å². The lowest BCUT2D eigenvalue weighted by atomic mass is 10.2. The Bertz CT molecular complexity index is 416. The van der Waals surface area contributed by atoms with Gasteiger partial charge in [-0.05, 0) is 25.6 Å². The highest BCUT2D eigenvalue weighted by Crippen LogP contribution is 2.26. The average molecular weight is 273 g/mol. The molecule has 1 saturated heterocycles. The van der Waals surface area contributed by atoms with Gasteiger partial charge in [-0.15, -0.1) is 0 Å². The summed E-state index contributed by atoms with van der Waals surface area (Å²) in [5.41, 5.74) is 0.410. The van der Waals surface area contributed by atoms with E-state index in [-0.39, 0.29) is 5.91 Å². The number of hydrogen-bond donors (Lipinski definition) is 1. The number of rotatable bonds is 2. The molecule has 1 aromatic rings. The largest absolute Gasteiger partial charge is 0.337 e. The first-order valence-corrected chi connectivity index (χ1v) is 6.29. The Labute approximate surface area is 111 Å². The number of amides is 1. The minimum Gasteiger partial charge on any atom is -0.337 e. The second kappa shape index (κ2) is 5.25. The molecular weight excluding hydrogens is 259 g/mol. The van der Waals surface area contributed by atoms with E-state index >= 15 is 0 Å². The van der Waals surface area contributed by atoms with Gasteiger partial charge < -0.3 is 10.2 Å². The summed E-state index contributed by atoms with van der Waals surface area (Å²) >= 11 is 12.1. The van der Waals surface area contributed by atoms with Gasteiger partial charge in [0, 0.05) is 19.1 Å². The van der Waals surface area contributed by atoms with Crippen molar-refractivity contribution in [2.24, 2.45) is 0 Å². The van der Waals surface area contributed by atoms with Gasteiger partial charge in [0.2, 0.25) is 0 Å². The molecule has 1 N–H and O–H groups in total. The first kappa shape index (κ1) is 12.7. The molecule has 1 unspecified atom stereocenters. The molecule has 0 radical (unpaired) electrons. The first-order valence-electron chi connectivity index (χ1n) is 5.54. The van der Waals surface area contributed by atoms with Crippen molar-refractivity contribution < 1.29 is 4.79 Å². The fourth-order valence-electron chi connectivity index (χ4n) is 2.04.